The summed E-state index contributed by atoms with van der Waals surface area (Å²) in [6.45, 7) is 7.76. The third kappa shape index (κ3) is 9.57. The van der Waals surface area contributed by atoms with Gasteiger partial charge in [0, 0.05) is 45.5 Å². The van der Waals surface area contributed by atoms with E-state index in [9.17, 15) is 8.42 Å². The van der Waals surface area contributed by atoms with Crippen LogP contribution in [0.25, 0.3) is 6.08 Å². The van der Waals surface area contributed by atoms with Crippen LogP contribution in [0.3, 0.4) is 0 Å². The zero-order valence-corrected chi connectivity index (χ0v) is 19.3. The molecule has 1 aromatic rings. The molecule has 27 heavy (non-hydrogen) atoms. The Kier molecular flexibility index (Phi) is 10.9. The van der Waals surface area contributed by atoms with Crippen molar-refractivity contribution in [3.8, 4) is 0 Å². The maximum atomic E-state index is 11.3. The number of nitrogens with zero attached hydrogens (tertiary/aromatic N) is 3. The highest BCUT2D eigenvalue weighted by Gasteiger charge is 2.18. The predicted octanol–water partition coefficient (Wildman–Crippen LogP) is 1.95. The van der Waals surface area contributed by atoms with Crippen molar-refractivity contribution < 1.29 is 8.42 Å². The number of hydrogen-bond acceptors (Lipinski definition) is 4. The number of piperazine rings is 1. The van der Waals surface area contributed by atoms with Gasteiger partial charge in [0.15, 0.2) is 5.96 Å². The lowest BCUT2D eigenvalue weighted by Gasteiger charge is -2.36. The van der Waals surface area contributed by atoms with Gasteiger partial charge < -0.3 is 10.2 Å². The summed E-state index contributed by atoms with van der Waals surface area (Å²) in [6, 6.07) is 10.3. The number of sulfone groups is 1. The lowest BCUT2D eigenvalue weighted by molar-refractivity contribution is 0.194. The minimum atomic E-state index is -2.98. The molecule has 8 heteroatoms. The van der Waals surface area contributed by atoms with Gasteiger partial charge in [0.25, 0.3) is 0 Å². The molecule has 0 atom stereocenters. The van der Waals surface area contributed by atoms with E-state index in [1.165, 1.54) is 11.8 Å². The predicted molar refractivity (Wildman–Crippen MR) is 125 cm³/mol. The Hall–Kier alpha value is -1.13. The van der Waals surface area contributed by atoms with E-state index in [1.54, 1.807) is 0 Å². The zero-order valence-electron chi connectivity index (χ0n) is 16.2. The Morgan fingerprint density at radius 1 is 1.19 bits per heavy atom. The molecule has 0 saturated carbocycles. The van der Waals surface area contributed by atoms with Crippen LogP contribution in [-0.2, 0) is 9.84 Å². The molecule has 0 bridgehead atoms. The average Bonchev–Trinajstić information content (AvgIpc) is 2.62. The van der Waals surface area contributed by atoms with Crippen molar-refractivity contribution in [1.82, 2.24) is 15.1 Å². The van der Waals surface area contributed by atoms with Gasteiger partial charge in [-0.2, -0.15) is 0 Å². The molecule has 2 rings (SSSR count). The standard InChI is InChI=1S/C19H30N4O2S.HI/c1-3-20-19(21-11-17-26(2,24)25)23-15-13-22(14-16-23)12-7-10-18-8-5-4-6-9-18;/h4-10H,3,11-17H2,1-2H3,(H,20,21);1H/b10-7+;. The summed E-state index contributed by atoms with van der Waals surface area (Å²) in [5.74, 6) is 0.905. The first-order chi connectivity index (χ1) is 12.5. The van der Waals surface area contributed by atoms with Crippen molar-refractivity contribution in [3.05, 3.63) is 42.0 Å². The summed E-state index contributed by atoms with van der Waals surface area (Å²) < 4.78 is 22.6. The molecular formula is C19H31IN4O2S. The second-order valence-electron chi connectivity index (χ2n) is 6.47. The third-order valence-corrected chi connectivity index (χ3v) is 5.13. The Bertz CT molecular complexity index is 700. The SMILES string of the molecule is CCNC(=NCCS(C)(=O)=O)N1CCN(C/C=C/c2ccccc2)CC1.I. The van der Waals surface area contributed by atoms with Gasteiger partial charge in [-0.15, -0.1) is 24.0 Å². The van der Waals surface area contributed by atoms with E-state index >= 15 is 0 Å². The summed E-state index contributed by atoms with van der Waals surface area (Å²) in [5.41, 5.74) is 1.22. The van der Waals surface area contributed by atoms with Crippen LogP contribution in [0.2, 0.25) is 0 Å². The molecule has 0 aromatic heterocycles. The summed E-state index contributed by atoms with van der Waals surface area (Å²) in [4.78, 5) is 9.09. The Morgan fingerprint density at radius 3 is 2.44 bits per heavy atom. The minimum Gasteiger partial charge on any atom is -0.357 e. The third-order valence-electron chi connectivity index (χ3n) is 4.20. The van der Waals surface area contributed by atoms with Gasteiger partial charge in [-0.25, -0.2) is 8.42 Å². The number of halogens is 1. The van der Waals surface area contributed by atoms with Crippen LogP contribution < -0.4 is 5.32 Å². The molecule has 1 N–H and O–H groups in total. The second kappa shape index (κ2) is 12.4. The Morgan fingerprint density at radius 2 is 1.85 bits per heavy atom. The molecule has 0 unspecified atom stereocenters. The highest BCUT2D eigenvalue weighted by molar-refractivity contribution is 14.0. The van der Waals surface area contributed by atoms with Crippen LogP contribution in [0.1, 0.15) is 12.5 Å². The van der Waals surface area contributed by atoms with Crippen LogP contribution in [0.5, 0.6) is 0 Å². The molecular weight excluding hydrogens is 475 g/mol. The van der Waals surface area contributed by atoms with E-state index in [1.807, 2.05) is 25.1 Å². The normalized spacial score (nSPS) is 16.4. The van der Waals surface area contributed by atoms with Gasteiger partial charge in [-0.1, -0.05) is 42.5 Å². The molecule has 0 amide bonds. The highest BCUT2D eigenvalue weighted by atomic mass is 127. The van der Waals surface area contributed by atoms with E-state index in [0.29, 0.717) is 6.54 Å². The van der Waals surface area contributed by atoms with Crippen LogP contribution in [-0.4, -0.2) is 82.0 Å². The largest absolute Gasteiger partial charge is 0.357 e. The lowest BCUT2D eigenvalue weighted by Crippen LogP contribution is -2.52. The molecule has 1 saturated heterocycles. The van der Waals surface area contributed by atoms with Crippen molar-refractivity contribution in [3.63, 3.8) is 0 Å². The van der Waals surface area contributed by atoms with Gasteiger partial charge in [0.1, 0.15) is 9.84 Å². The van der Waals surface area contributed by atoms with Crippen molar-refractivity contribution in [1.29, 1.82) is 0 Å². The summed E-state index contributed by atoms with van der Waals surface area (Å²) >= 11 is 0. The molecule has 152 valence electrons. The van der Waals surface area contributed by atoms with Crippen molar-refractivity contribution in [2.75, 3.05) is 57.8 Å². The molecule has 0 aliphatic carbocycles. The number of aliphatic imine (C=N–C) groups is 1. The first-order valence-electron chi connectivity index (χ1n) is 9.13. The van der Waals surface area contributed by atoms with E-state index in [-0.39, 0.29) is 29.7 Å². The maximum absolute atomic E-state index is 11.3. The van der Waals surface area contributed by atoms with Crippen LogP contribution >= 0.6 is 24.0 Å². The quantitative estimate of drug-likeness (QED) is 0.348. The number of benzene rings is 1. The first kappa shape index (κ1) is 23.9. The summed E-state index contributed by atoms with van der Waals surface area (Å²) in [5, 5.41) is 3.27. The topological polar surface area (TPSA) is 65.0 Å². The van der Waals surface area contributed by atoms with Crippen LogP contribution in [0.15, 0.2) is 41.4 Å². The fraction of sp³-hybridized carbons (Fsp3) is 0.526. The lowest BCUT2D eigenvalue weighted by atomic mass is 10.2. The number of hydrogen-bond donors (Lipinski definition) is 1. The first-order valence-corrected chi connectivity index (χ1v) is 11.2. The summed E-state index contributed by atoms with van der Waals surface area (Å²) in [7, 11) is -2.98. The molecule has 0 radical (unpaired) electrons. The Balaban J connectivity index is 0.00000364. The second-order valence-corrected chi connectivity index (χ2v) is 8.73. The fourth-order valence-corrected chi connectivity index (χ4v) is 3.21. The van der Waals surface area contributed by atoms with Crippen molar-refractivity contribution >= 4 is 45.8 Å². The number of nitrogens with one attached hydrogen (secondary N) is 1. The van der Waals surface area contributed by atoms with E-state index in [2.05, 4.69) is 44.4 Å². The average molecular weight is 506 g/mol. The van der Waals surface area contributed by atoms with Gasteiger partial charge in [0.2, 0.25) is 0 Å². The van der Waals surface area contributed by atoms with Crippen LogP contribution in [0.4, 0.5) is 0 Å². The molecule has 0 spiro atoms. The summed E-state index contributed by atoms with van der Waals surface area (Å²) in [6.07, 6.45) is 5.61. The Labute approximate surface area is 180 Å². The van der Waals surface area contributed by atoms with Crippen molar-refractivity contribution in [2.45, 2.75) is 6.92 Å². The van der Waals surface area contributed by atoms with Gasteiger partial charge >= 0.3 is 0 Å². The maximum Gasteiger partial charge on any atom is 0.194 e. The zero-order chi connectivity index (χ0) is 18.8. The highest BCUT2D eigenvalue weighted by Crippen LogP contribution is 2.05. The molecule has 1 aliphatic rings. The molecule has 1 fully saturated rings. The monoisotopic (exact) mass is 506 g/mol. The molecule has 1 aliphatic heterocycles. The molecule has 1 heterocycles. The number of rotatable bonds is 7. The van der Waals surface area contributed by atoms with Gasteiger partial charge in [0.05, 0.1) is 12.3 Å². The van der Waals surface area contributed by atoms with Gasteiger partial charge in [-0.3, -0.25) is 9.89 Å². The smallest absolute Gasteiger partial charge is 0.194 e. The van der Waals surface area contributed by atoms with E-state index in [4.69, 9.17) is 0 Å². The molecule has 6 nitrogen and oxygen atoms in total. The fourth-order valence-electron chi connectivity index (χ4n) is 2.79. The molecule has 1 aromatic carbocycles. The van der Waals surface area contributed by atoms with Crippen molar-refractivity contribution in [2.24, 2.45) is 4.99 Å². The van der Waals surface area contributed by atoms with Crippen LogP contribution in [0, 0.1) is 0 Å². The number of guanidine groups is 1. The van der Waals surface area contributed by atoms with E-state index < -0.39 is 9.84 Å². The minimum absolute atomic E-state index is 0. The van der Waals surface area contributed by atoms with Gasteiger partial charge in [-0.05, 0) is 12.5 Å². The van der Waals surface area contributed by atoms with E-state index in [0.717, 1.165) is 45.2 Å².